The summed E-state index contributed by atoms with van der Waals surface area (Å²) in [5.41, 5.74) is 0.491. The van der Waals surface area contributed by atoms with Crippen LogP contribution >= 0.6 is 0 Å². The van der Waals surface area contributed by atoms with Gasteiger partial charge >= 0.3 is 12.1 Å². The zero-order valence-corrected chi connectivity index (χ0v) is 26.1. The highest BCUT2D eigenvalue weighted by Crippen LogP contribution is 2.33. The standard InChI is InChI=1S/C28H33F3N6O7S/c1-17(2)15-25(35(6)37(40)34-44-20(5)43-19(4)38)27(39)33-45(41,42)23-13-11-22(12-14-23)36-24(16-26(32-36)28(29,30)31)21-9-7-18(3)8-10-21/h7-14,16-17,20,25H,15H2,1-6H3,(H,33,39)/b37-34-/t20?,25-/m0/s1. The summed E-state index contributed by atoms with van der Waals surface area (Å²) >= 11 is 0. The maximum atomic E-state index is 13.5. The summed E-state index contributed by atoms with van der Waals surface area (Å²) in [5.74, 6) is -1.90. The molecule has 17 heteroatoms. The van der Waals surface area contributed by atoms with E-state index >= 15 is 0 Å². The third-order valence-electron chi connectivity index (χ3n) is 6.29. The summed E-state index contributed by atoms with van der Waals surface area (Å²) in [6.07, 6.45) is -5.90. The lowest BCUT2D eigenvalue weighted by Crippen LogP contribution is -2.49. The Bertz CT molecular complexity index is 1640. The largest absolute Gasteiger partial charge is 0.569 e. The van der Waals surface area contributed by atoms with Gasteiger partial charge in [-0.1, -0.05) is 43.7 Å². The van der Waals surface area contributed by atoms with E-state index in [9.17, 15) is 36.4 Å². The second-order valence-corrected chi connectivity index (χ2v) is 12.2. The van der Waals surface area contributed by atoms with Gasteiger partial charge in [0.2, 0.25) is 5.28 Å². The Morgan fingerprint density at radius 3 is 2.24 bits per heavy atom. The second-order valence-electron chi connectivity index (χ2n) is 10.5. The first-order chi connectivity index (χ1) is 20.9. The van der Waals surface area contributed by atoms with E-state index in [0.29, 0.717) is 5.56 Å². The zero-order chi connectivity index (χ0) is 33.7. The van der Waals surface area contributed by atoms with Crippen LogP contribution in [0.15, 0.2) is 64.8 Å². The first-order valence-electron chi connectivity index (χ1n) is 13.5. The molecule has 2 atom stereocenters. The summed E-state index contributed by atoms with van der Waals surface area (Å²) in [6.45, 7) is 7.76. The molecule has 0 aliphatic rings. The van der Waals surface area contributed by atoms with E-state index in [1.54, 1.807) is 38.1 Å². The summed E-state index contributed by atoms with van der Waals surface area (Å²) in [4.78, 5) is 28.5. The van der Waals surface area contributed by atoms with E-state index in [1.165, 1.54) is 26.1 Å². The van der Waals surface area contributed by atoms with E-state index in [2.05, 4.69) is 10.4 Å². The van der Waals surface area contributed by atoms with Crippen molar-refractivity contribution in [2.24, 2.45) is 11.2 Å². The summed E-state index contributed by atoms with van der Waals surface area (Å²) < 4.78 is 74.6. The number of ether oxygens (including phenoxy) is 1. The second kappa shape index (κ2) is 14.0. The molecule has 0 saturated carbocycles. The summed E-state index contributed by atoms with van der Waals surface area (Å²) in [6, 6.07) is 11.1. The van der Waals surface area contributed by atoms with Crippen LogP contribution in [-0.4, -0.2) is 59.4 Å². The van der Waals surface area contributed by atoms with Gasteiger partial charge in [-0.05, 0) is 49.6 Å². The zero-order valence-electron chi connectivity index (χ0n) is 25.3. The van der Waals surface area contributed by atoms with Crippen LogP contribution in [0.25, 0.3) is 16.9 Å². The number of carbonyl (C=O) groups is 2. The van der Waals surface area contributed by atoms with E-state index < -0.39 is 46.1 Å². The molecule has 0 bridgehead atoms. The minimum absolute atomic E-state index is 0.0349. The number of aromatic nitrogens is 2. The molecular formula is C28H33F3N6O7S. The first kappa shape index (κ1) is 34.8. The molecular weight excluding hydrogens is 621 g/mol. The van der Waals surface area contributed by atoms with Gasteiger partial charge in [0.25, 0.3) is 22.2 Å². The highest BCUT2D eigenvalue weighted by molar-refractivity contribution is 7.90. The van der Waals surface area contributed by atoms with Crippen molar-refractivity contribution in [1.82, 2.24) is 19.5 Å². The topological polar surface area (TPSA) is 158 Å². The van der Waals surface area contributed by atoms with Crippen LogP contribution in [-0.2, 0) is 35.4 Å². The lowest BCUT2D eigenvalue weighted by molar-refractivity contribution is -0.712. The lowest BCUT2D eigenvalue weighted by Gasteiger charge is -2.24. The summed E-state index contributed by atoms with van der Waals surface area (Å²) in [5, 5.41) is 20.2. The molecule has 0 saturated heterocycles. The molecule has 2 aromatic carbocycles. The van der Waals surface area contributed by atoms with Crippen molar-refractivity contribution in [2.45, 2.75) is 64.4 Å². The fourth-order valence-electron chi connectivity index (χ4n) is 4.09. The van der Waals surface area contributed by atoms with Crippen molar-refractivity contribution in [3.8, 4) is 16.9 Å². The van der Waals surface area contributed by atoms with Gasteiger partial charge in [0.05, 0.1) is 28.3 Å². The predicted molar refractivity (Wildman–Crippen MR) is 153 cm³/mol. The number of hydrogen-bond donors (Lipinski definition) is 1. The van der Waals surface area contributed by atoms with Gasteiger partial charge in [-0.15, -0.1) is 5.01 Å². The quantitative estimate of drug-likeness (QED) is 0.0958. The number of nitrogens with one attached hydrogen (secondary N) is 1. The van der Waals surface area contributed by atoms with E-state index in [1.807, 2.05) is 11.6 Å². The highest BCUT2D eigenvalue weighted by atomic mass is 32.2. The Morgan fingerprint density at radius 2 is 1.71 bits per heavy atom. The fourth-order valence-corrected chi connectivity index (χ4v) is 5.10. The number of rotatable bonds is 12. The number of alkyl halides is 3. The van der Waals surface area contributed by atoms with Crippen LogP contribution in [0.1, 0.15) is 45.4 Å². The van der Waals surface area contributed by atoms with Crippen molar-refractivity contribution < 1.29 is 45.7 Å². The normalized spacial score (nSPS) is 13.7. The monoisotopic (exact) mass is 654 g/mol. The van der Waals surface area contributed by atoms with Gasteiger partial charge in [0, 0.05) is 19.4 Å². The number of aryl methyl sites for hydroxylation is 1. The van der Waals surface area contributed by atoms with Crippen molar-refractivity contribution in [3.63, 3.8) is 0 Å². The number of hydrogen-bond acceptors (Lipinski definition) is 9. The molecule has 0 radical (unpaired) electrons. The average Bonchev–Trinajstić information content (AvgIpc) is 3.40. The van der Waals surface area contributed by atoms with Crippen molar-refractivity contribution in [1.29, 1.82) is 0 Å². The van der Waals surface area contributed by atoms with Gasteiger partial charge in [0.1, 0.15) is 0 Å². The molecule has 1 aromatic heterocycles. The number of esters is 1. The Labute approximate surface area is 257 Å². The first-order valence-corrected chi connectivity index (χ1v) is 15.0. The van der Waals surface area contributed by atoms with Gasteiger partial charge in [-0.2, -0.15) is 18.3 Å². The Balaban J connectivity index is 1.86. The van der Waals surface area contributed by atoms with Gasteiger partial charge in [-0.25, -0.2) is 17.8 Å². The lowest BCUT2D eigenvalue weighted by atomic mass is 10.0. The molecule has 1 heterocycles. The van der Waals surface area contributed by atoms with E-state index in [0.717, 1.165) is 40.4 Å². The smallest absolute Gasteiger partial charge is 0.435 e. The molecule has 45 heavy (non-hydrogen) atoms. The molecule has 1 N–H and O–H groups in total. The minimum Gasteiger partial charge on any atom is -0.569 e. The van der Waals surface area contributed by atoms with Gasteiger partial charge in [-0.3, -0.25) is 14.4 Å². The van der Waals surface area contributed by atoms with Gasteiger partial charge in [0.15, 0.2) is 11.7 Å². The molecule has 0 aliphatic heterocycles. The van der Waals surface area contributed by atoms with Crippen LogP contribution in [0, 0.1) is 18.0 Å². The molecule has 3 rings (SSSR count). The van der Waals surface area contributed by atoms with Gasteiger partial charge < -0.3 is 9.94 Å². The third-order valence-corrected chi connectivity index (χ3v) is 7.65. The number of likely N-dealkylation sites (N-methyl/N-ethyl adjacent to an activating group) is 1. The molecule has 13 nitrogen and oxygen atoms in total. The maximum Gasteiger partial charge on any atom is 0.435 e. The number of amides is 1. The fraction of sp³-hybridized carbons (Fsp3) is 0.393. The highest BCUT2D eigenvalue weighted by Gasteiger charge is 2.36. The SMILES string of the molecule is CC(=O)OC(C)O/N=[N+](\[O-])N(C)[C@@H](CC(C)C)C(=O)NS(=O)(=O)c1ccc(-n2nc(C(F)(F)F)cc2-c2ccc(C)cc2)cc1. The number of sulfonamides is 1. The molecule has 0 fully saturated rings. The van der Waals surface area contributed by atoms with Crippen LogP contribution in [0.4, 0.5) is 13.2 Å². The molecule has 1 amide bonds. The minimum atomic E-state index is -4.72. The van der Waals surface area contributed by atoms with Crippen LogP contribution < -0.4 is 4.72 Å². The van der Waals surface area contributed by atoms with Crippen molar-refractivity contribution in [2.75, 3.05) is 7.05 Å². The Kier molecular flexibility index (Phi) is 10.8. The maximum absolute atomic E-state index is 13.5. The number of benzene rings is 2. The number of hydrazine groups is 1. The summed E-state index contributed by atoms with van der Waals surface area (Å²) in [7, 11) is -3.31. The van der Waals surface area contributed by atoms with Crippen LogP contribution in [0.5, 0.6) is 0 Å². The van der Waals surface area contributed by atoms with E-state index in [-0.39, 0.29) is 33.6 Å². The van der Waals surface area contributed by atoms with Crippen LogP contribution in [0.3, 0.4) is 0 Å². The molecule has 1 unspecified atom stereocenters. The van der Waals surface area contributed by atoms with E-state index in [4.69, 9.17) is 9.57 Å². The van der Waals surface area contributed by atoms with Crippen molar-refractivity contribution >= 4 is 21.9 Å². The average molecular weight is 655 g/mol. The number of carbonyl (C=O) groups excluding carboxylic acids is 2. The molecule has 244 valence electrons. The molecule has 0 spiro atoms. The molecule has 3 aromatic rings. The number of nitrogens with zero attached hydrogens (tertiary/aromatic N) is 5. The Morgan fingerprint density at radius 1 is 1.11 bits per heavy atom. The predicted octanol–water partition coefficient (Wildman–Crippen LogP) is 4.74. The molecule has 0 aliphatic carbocycles. The van der Waals surface area contributed by atoms with Crippen molar-refractivity contribution in [3.05, 3.63) is 71.1 Å². The van der Waals surface area contributed by atoms with Crippen LogP contribution in [0.2, 0.25) is 0 Å². The Hall–Kier alpha value is -4.67. The third kappa shape index (κ3) is 9.17. The number of halogens is 3.